The molecule has 0 radical (unpaired) electrons. The van der Waals surface area contributed by atoms with E-state index in [1.807, 2.05) is 19.9 Å². The zero-order valence-electron chi connectivity index (χ0n) is 11.2. The Labute approximate surface area is 115 Å². The van der Waals surface area contributed by atoms with Crippen LogP contribution >= 0.6 is 0 Å². The topological polar surface area (TPSA) is 25.2 Å². The summed E-state index contributed by atoms with van der Waals surface area (Å²) in [4.78, 5) is 0. The van der Waals surface area contributed by atoms with Crippen LogP contribution in [0.25, 0.3) is 0 Å². The van der Waals surface area contributed by atoms with Crippen molar-refractivity contribution >= 4 is 0 Å². The number of hydrogen-bond donors (Lipinski definition) is 1. The number of halogens is 3. The Morgan fingerprint density at radius 1 is 1.05 bits per heavy atom. The first kappa shape index (κ1) is 14.7. The van der Waals surface area contributed by atoms with Crippen LogP contribution in [-0.4, -0.2) is 0 Å². The summed E-state index contributed by atoms with van der Waals surface area (Å²) in [5, 5.41) is 3.22. The van der Waals surface area contributed by atoms with Gasteiger partial charge in [0.05, 0.1) is 17.9 Å². The number of nitrogens with one attached hydrogen (secondary N) is 1. The normalized spacial score (nSPS) is 15.1. The van der Waals surface area contributed by atoms with Crippen molar-refractivity contribution in [3.8, 4) is 0 Å². The second-order valence-electron chi connectivity index (χ2n) is 4.75. The van der Waals surface area contributed by atoms with E-state index in [0.717, 1.165) is 11.8 Å². The number of furan rings is 1. The lowest BCUT2D eigenvalue weighted by Crippen LogP contribution is -2.22. The molecule has 1 heterocycles. The van der Waals surface area contributed by atoms with E-state index in [-0.39, 0.29) is 12.1 Å². The Bertz CT molecular complexity index is 548. The summed E-state index contributed by atoms with van der Waals surface area (Å²) >= 11 is 0. The maximum absolute atomic E-state index is 12.7. The van der Waals surface area contributed by atoms with Crippen LogP contribution in [0.15, 0.2) is 47.1 Å². The SMILES string of the molecule is CC(N[C@H](C)c1ccco1)c1cccc(C(F)(F)F)c1. The molecule has 20 heavy (non-hydrogen) atoms. The van der Waals surface area contributed by atoms with Crippen LogP contribution in [-0.2, 0) is 6.18 Å². The summed E-state index contributed by atoms with van der Waals surface area (Å²) in [5.41, 5.74) is -0.0347. The quantitative estimate of drug-likeness (QED) is 0.879. The molecule has 2 nitrogen and oxygen atoms in total. The van der Waals surface area contributed by atoms with Crippen molar-refractivity contribution in [1.29, 1.82) is 0 Å². The fourth-order valence-electron chi connectivity index (χ4n) is 2.08. The van der Waals surface area contributed by atoms with Gasteiger partial charge in [-0.2, -0.15) is 13.2 Å². The van der Waals surface area contributed by atoms with Gasteiger partial charge < -0.3 is 9.73 Å². The van der Waals surface area contributed by atoms with Gasteiger partial charge in [-0.3, -0.25) is 0 Å². The summed E-state index contributed by atoms with van der Waals surface area (Å²) in [7, 11) is 0. The monoisotopic (exact) mass is 283 g/mol. The summed E-state index contributed by atoms with van der Waals surface area (Å²) in [5.74, 6) is 0.754. The average molecular weight is 283 g/mol. The molecule has 0 saturated heterocycles. The molecule has 1 aromatic carbocycles. The highest BCUT2D eigenvalue weighted by atomic mass is 19.4. The second-order valence-corrected chi connectivity index (χ2v) is 4.75. The third kappa shape index (κ3) is 3.42. The first-order valence-electron chi connectivity index (χ1n) is 6.34. The van der Waals surface area contributed by atoms with Gasteiger partial charge in [-0.05, 0) is 43.7 Å². The summed E-state index contributed by atoms with van der Waals surface area (Å²) < 4.78 is 43.3. The van der Waals surface area contributed by atoms with Crippen LogP contribution in [0.1, 0.15) is 42.8 Å². The van der Waals surface area contributed by atoms with Gasteiger partial charge in [0, 0.05) is 6.04 Å². The van der Waals surface area contributed by atoms with Crippen LogP contribution in [0.4, 0.5) is 13.2 Å². The fraction of sp³-hybridized carbons (Fsp3) is 0.333. The lowest BCUT2D eigenvalue weighted by atomic mass is 10.0. The van der Waals surface area contributed by atoms with Crippen LogP contribution in [0, 0.1) is 0 Å². The summed E-state index contributed by atoms with van der Waals surface area (Å²) in [6, 6.07) is 8.68. The smallest absolute Gasteiger partial charge is 0.416 e. The Hall–Kier alpha value is -1.75. The molecule has 0 saturated carbocycles. The minimum absolute atomic E-state index is 0.0745. The van der Waals surface area contributed by atoms with E-state index in [0.29, 0.717) is 5.56 Å². The van der Waals surface area contributed by atoms with Gasteiger partial charge in [0.15, 0.2) is 0 Å². The number of alkyl halides is 3. The predicted molar refractivity (Wildman–Crippen MR) is 70.1 cm³/mol. The van der Waals surface area contributed by atoms with E-state index in [1.54, 1.807) is 18.4 Å². The van der Waals surface area contributed by atoms with Gasteiger partial charge in [-0.1, -0.05) is 12.1 Å². The molecular weight excluding hydrogens is 267 g/mol. The molecule has 0 fully saturated rings. The molecule has 1 N–H and O–H groups in total. The van der Waals surface area contributed by atoms with Gasteiger partial charge in [0.2, 0.25) is 0 Å². The Morgan fingerprint density at radius 2 is 1.80 bits per heavy atom. The number of benzene rings is 1. The molecule has 0 bridgehead atoms. The van der Waals surface area contributed by atoms with Crippen molar-refractivity contribution in [3.63, 3.8) is 0 Å². The van der Waals surface area contributed by atoms with Crippen molar-refractivity contribution in [2.24, 2.45) is 0 Å². The molecule has 2 aromatic rings. The Balaban J connectivity index is 2.11. The average Bonchev–Trinajstić information content (AvgIpc) is 2.91. The molecule has 1 unspecified atom stereocenters. The van der Waals surface area contributed by atoms with E-state index in [9.17, 15) is 13.2 Å². The second kappa shape index (κ2) is 5.71. The van der Waals surface area contributed by atoms with Gasteiger partial charge in [0.1, 0.15) is 5.76 Å². The van der Waals surface area contributed by atoms with E-state index < -0.39 is 11.7 Å². The van der Waals surface area contributed by atoms with Crippen molar-refractivity contribution < 1.29 is 17.6 Å². The molecule has 0 aliphatic heterocycles. The zero-order valence-corrected chi connectivity index (χ0v) is 11.2. The lowest BCUT2D eigenvalue weighted by molar-refractivity contribution is -0.137. The molecule has 108 valence electrons. The Morgan fingerprint density at radius 3 is 2.40 bits per heavy atom. The standard InChI is InChI=1S/C15H16F3NO/c1-10(19-11(2)14-7-4-8-20-14)12-5-3-6-13(9-12)15(16,17)18/h3-11,19H,1-2H3/t10?,11-/m1/s1. The first-order chi connectivity index (χ1) is 9.38. The van der Waals surface area contributed by atoms with Gasteiger partial charge >= 0.3 is 6.18 Å². The van der Waals surface area contributed by atoms with E-state index in [1.165, 1.54) is 12.1 Å². The van der Waals surface area contributed by atoms with Gasteiger partial charge in [0.25, 0.3) is 0 Å². The van der Waals surface area contributed by atoms with E-state index in [2.05, 4.69) is 5.32 Å². The fourth-order valence-corrected chi connectivity index (χ4v) is 2.08. The first-order valence-corrected chi connectivity index (χ1v) is 6.34. The van der Waals surface area contributed by atoms with Crippen LogP contribution in [0.3, 0.4) is 0 Å². The minimum atomic E-state index is -4.32. The third-order valence-electron chi connectivity index (χ3n) is 3.18. The molecule has 0 spiro atoms. The highest BCUT2D eigenvalue weighted by Crippen LogP contribution is 2.31. The van der Waals surface area contributed by atoms with Crippen molar-refractivity contribution in [2.75, 3.05) is 0 Å². The Kier molecular flexibility index (Phi) is 4.18. The lowest BCUT2D eigenvalue weighted by Gasteiger charge is -2.20. The van der Waals surface area contributed by atoms with Gasteiger partial charge in [-0.25, -0.2) is 0 Å². The molecule has 2 rings (SSSR count). The maximum Gasteiger partial charge on any atom is 0.416 e. The van der Waals surface area contributed by atoms with Crippen LogP contribution in [0.5, 0.6) is 0 Å². The van der Waals surface area contributed by atoms with Gasteiger partial charge in [-0.15, -0.1) is 0 Å². The predicted octanol–water partition coefficient (Wildman–Crippen LogP) is 4.71. The molecule has 2 atom stereocenters. The maximum atomic E-state index is 12.7. The van der Waals surface area contributed by atoms with Crippen molar-refractivity contribution in [3.05, 3.63) is 59.5 Å². The van der Waals surface area contributed by atoms with E-state index >= 15 is 0 Å². The summed E-state index contributed by atoms with van der Waals surface area (Å²) in [6.45, 7) is 3.73. The number of rotatable bonds is 4. The third-order valence-corrected chi connectivity index (χ3v) is 3.18. The molecule has 0 amide bonds. The number of hydrogen-bond acceptors (Lipinski definition) is 2. The molecule has 0 aliphatic carbocycles. The molecule has 5 heteroatoms. The molecule has 1 aromatic heterocycles. The highest BCUT2D eigenvalue weighted by molar-refractivity contribution is 5.27. The van der Waals surface area contributed by atoms with Crippen LogP contribution < -0.4 is 5.32 Å². The largest absolute Gasteiger partial charge is 0.468 e. The molecular formula is C15H16F3NO. The minimum Gasteiger partial charge on any atom is -0.468 e. The van der Waals surface area contributed by atoms with Crippen LogP contribution in [0.2, 0.25) is 0 Å². The van der Waals surface area contributed by atoms with Crippen molar-refractivity contribution in [1.82, 2.24) is 5.32 Å². The zero-order chi connectivity index (χ0) is 14.8. The van der Waals surface area contributed by atoms with Crippen molar-refractivity contribution in [2.45, 2.75) is 32.1 Å². The summed E-state index contributed by atoms with van der Waals surface area (Å²) in [6.07, 6.45) is -2.75. The molecule has 0 aliphatic rings. The highest BCUT2D eigenvalue weighted by Gasteiger charge is 2.30. The van der Waals surface area contributed by atoms with E-state index in [4.69, 9.17) is 4.42 Å².